The minimum absolute atomic E-state index is 0.381. The van der Waals surface area contributed by atoms with E-state index in [2.05, 4.69) is 68.7 Å². The summed E-state index contributed by atoms with van der Waals surface area (Å²) in [6.07, 6.45) is 11.7. The van der Waals surface area contributed by atoms with Crippen LogP contribution >= 0.6 is 0 Å². The average molecular weight is 676 g/mol. The van der Waals surface area contributed by atoms with Crippen LogP contribution in [0.25, 0.3) is 22.3 Å². The number of anilines is 1. The fourth-order valence-electron chi connectivity index (χ4n) is 7.40. The number of hydrogen-bond donors (Lipinski definition) is 1. The Bertz CT molecular complexity index is 1540. The largest absolute Gasteiger partial charge is 0.384 e. The van der Waals surface area contributed by atoms with Gasteiger partial charge in [0.05, 0.1) is 17.6 Å². The fraction of sp³-hybridized carbons (Fsp3) is 0.649. The van der Waals surface area contributed by atoms with E-state index in [0.717, 1.165) is 95.1 Å². The van der Waals surface area contributed by atoms with Crippen LogP contribution in [-0.4, -0.2) is 67.5 Å². The minimum Gasteiger partial charge on any atom is -0.384 e. The monoisotopic (exact) mass is 675 g/mol. The fourth-order valence-corrected chi connectivity index (χ4v) is 8.91. The molecule has 3 aromatic heterocycles. The van der Waals surface area contributed by atoms with Crippen molar-refractivity contribution in [2.24, 2.45) is 11.8 Å². The maximum Gasteiger partial charge on any atom is 0.165 e. The molecule has 3 saturated carbocycles. The third-order valence-electron chi connectivity index (χ3n) is 10.4. The topological polar surface area (TPSA) is 85.0 Å². The minimum atomic E-state index is -1.25. The third-order valence-corrected chi connectivity index (χ3v) is 13.8. The molecule has 3 aliphatic carbocycles. The number of pyridine rings is 1. The van der Waals surface area contributed by atoms with Crippen LogP contribution in [0, 0.1) is 11.8 Å². The summed E-state index contributed by atoms with van der Waals surface area (Å²) in [5.74, 6) is 2.89. The van der Waals surface area contributed by atoms with Gasteiger partial charge in [-0.1, -0.05) is 64.8 Å². The van der Waals surface area contributed by atoms with Gasteiger partial charge < -0.3 is 19.5 Å². The summed E-state index contributed by atoms with van der Waals surface area (Å²) < 4.78 is 14.9. The lowest BCUT2D eigenvalue weighted by molar-refractivity contribution is 0.0941. The van der Waals surface area contributed by atoms with Crippen LogP contribution in [0.4, 0.5) is 5.82 Å². The maximum atomic E-state index is 10.6. The highest BCUT2D eigenvalue weighted by Crippen LogP contribution is 2.50. The Morgan fingerprint density at radius 1 is 0.957 bits per heavy atom. The first-order valence-corrected chi connectivity index (χ1v) is 25.3. The van der Waals surface area contributed by atoms with Crippen molar-refractivity contribution in [3.63, 3.8) is 0 Å². The molecule has 0 spiro atoms. The van der Waals surface area contributed by atoms with Crippen LogP contribution in [-0.2, 0) is 15.1 Å². The van der Waals surface area contributed by atoms with Crippen LogP contribution in [0.3, 0.4) is 0 Å². The van der Waals surface area contributed by atoms with Gasteiger partial charge in [0.1, 0.15) is 24.9 Å². The van der Waals surface area contributed by atoms with Gasteiger partial charge in [0.2, 0.25) is 0 Å². The second-order valence-corrected chi connectivity index (χ2v) is 28.4. The van der Waals surface area contributed by atoms with E-state index in [1.807, 2.05) is 23.0 Å². The normalized spacial score (nSPS) is 22.2. The Kier molecular flexibility index (Phi) is 9.90. The molecule has 0 radical (unpaired) electrons. The highest BCUT2D eigenvalue weighted by Gasteiger charge is 2.43. The van der Waals surface area contributed by atoms with Crippen LogP contribution in [0.15, 0.2) is 31.1 Å². The summed E-state index contributed by atoms with van der Waals surface area (Å²) in [7, 11) is -2.50. The zero-order chi connectivity index (χ0) is 33.6. The first-order valence-electron chi connectivity index (χ1n) is 17.9. The van der Waals surface area contributed by atoms with Crippen molar-refractivity contribution in [2.75, 3.05) is 31.6 Å². The molecule has 3 heterocycles. The second-order valence-electron chi connectivity index (χ2n) is 17.2. The third kappa shape index (κ3) is 8.10. The Morgan fingerprint density at radius 2 is 1.57 bits per heavy atom. The van der Waals surface area contributed by atoms with Gasteiger partial charge in [0, 0.05) is 58.2 Å². The molecule has 3 aliphatic rings. The molecule has 0 aromatic carbocycles. The van der Waals surface area contributed by atoms with E-state index in [9.17, 15) is 5.11 Å². The van der Waals surface area contributed by atoms with Crippen LogP contribution in [0.5, 0.6) is 0 Å². The van der Waals surface area contributed by atoms with E-state index >= 15 is 0 Å². The van der Waals surface area contributed by atoms with Crippen molar-refractivity contribution in [1.82, 2.24) is 19.6 Å². The van der Waals surface area contributed by atoms with Gasteiger partial charge in [-0.25, -0.2) is 4.98 Å². The number of aliphatic hydroxyl groups is 1. The molecule has 2 bridgehead atoms. The molecule has 3 fully saturated rings. The lowest BCUT2D eigenvalue weighted by Crippen LogP contribution is -2.34. The number of allylic oxidation sites excluding steroid dienone is 1. The molecule has 6 rings (SSSR count). The van der Waals surface area contributed by atoms with E-state index in [-0.39, 0.29) is 0 Å². The smallest absolute Gasteiger partial charge is 0.165 e. The van der Waals surface area contributed by atoms with Gasteiger partial charge in [0.25, 0.3) is 0 Å². The molecule has 256 valence electrons. The number of fused-ring (bicyclic) bond motifs is 3. The van der Waals surface area contributed by atoms with Crippen molar-refractivity contribution in [2.45, 2.75) is 115 Å². The van der Waals surface area contributed by atoms with Gasteiger partial charge in [-0.2, -0.15) is 9.61 Å². The van der Waals surface area contributed by atoms with Crippen LogP contribution in [0.1, 0.15) is 74.7 Å². The molecular weight excluding hydrogens is 619 g/mol. The number of nitrogens with zero attached hydrogens (tertiary/aromatic N) is 5. The molecule has 3 atom stereocenters. The first-order chi connectivity index (χ1) is 22.2. The Balaban J connectivity index is 1.44. The van der Waals surface area contributed by atoms with Crippen molar-refractivity contribution < 1.29 is 14.6 Å². The first kappa shape index (κ1) is 34.5. The van der Waals surface area contributed by atoms with Gasteiger partial charge >= 0.3 is 0 Å². The highest BCUT2D eigenvalue weighted by molar-refractivity contribution is 6.76. The Morgan fingerprint density at radius 3 is 2.09 bits per heavy atom. The van der Waals surface area contributed by atoms with Crippen LogP contribution < -0.4 is 4.90 Å². The molecule has 1 N–H and O–H groups in total. The highest BCUT2D eigenvalue weighted by atomic mass is 28.3. The van der Waals surface area contributed by atoms with Gasteiger partial charge in [-0.05, 0) is 74.6 Å². The Hall–Kier alpha value is -2.38. The van der Waals surface area contributed by atoms with Crippen LogP contribution in [0.2, 0.25) is 51.4 Å². The average Bonchev–Trinajstić information content (AvgIpc) is 3.47. The summed E-state index contributed by atoms with van der Waals surface area (Å²) in [6.45, 7) is 23.3. The molecule has 47 heavy (non-hydrogen) atoms. The predicted molar refractivity (Wildman–Crippen MR) is 197 cm³/mol. The second kappa shape index (κ2) is 13.5. The number of aromatic nitrogens is 4. The summed E-state index contributed by atoms with van der Waals surface area (Å²) in [5.41, 5.74) is 5.93. The maximum absolute atomic E-state index is 10.6. The number of hydrogen-bond acceptors (Lipinski definition) is 7. The zero-order valence-corrected chi connectivity index (χ0v) is 31.9. The van der Waals surface area contributed by atoms with Crippen molar-refractivity contribution in [3.05, 3.63) is 48.1 Å². The summed E-state index contributed by atoms with van der Waals surface area (Å²) in [4.78, 5) is 12.4. The Labute approximate surface area is 284 Å². The van der Waals surface area contributed by atoms with Crippen molar-refractivity contribution >= 4 is 33.2 Å². The van der Waals surface area contributed by atoms with Crippen molar-refractivity contribution in [3.8, 4) is 11.1 Å². The predicted octanol–water partition coefficient (Wildman–Crippen LogP) is 8.53. The molecule has 3 aromatic rings. The van der Waals surface area contributed by atoms with Gasteiger partial charge in [-0.3, -0.25) is 4.98 Å². The molecule has 8 nitrogen and oxygen atoms in total. The van der Waals surface area contributed by atoms with E-state index in [1.54, 1.807) is 0 Å². The number of ether oxygens (including phenoxy) is 2. The summed E-state index contributed by atoms with van der Waals surface area (Å²) in [5, 5.41) is 15.6. The standard InChI is InChI=1S/C37H57N5O3Si2/c1-26(2)33-34(30-20-27-9-10-28(19-27)21-30)40-35-31(29-11-12-32(38-22-29)37(43)13-14-37)23-39-42(35)36(33)41(24-44-15-17-46(3,4)5)25-45-16-18-47(6,7)8/h11-12,22-23,27-28,30,43H,1,9-10,13-21,24-25H2,2-8H3/t27-,28+,30?. The summed E-state index contributed by atoms with van der Waals surface area (Å²) in [6, 6.07) is 6.23. The zero-order valence-electron chi connectivity index (χ0n) is 29.9. The van der Waals surface area contributed by atoms with Gasteiger partial charge in [0.15, 0.2) is 5.65 Å². The SMILES string of the molecule is C=C(C)c1c(C2C[C@H]3CC[C@@H](C2)C3)nc2c(-c3ccc(C4(O)CC4)nc3)cnn2c1N(COCC[Si](C)(C)C)COCC[Si](C)(C)C. The molecule has 0 amide bonds. The molecule has 0 saturated heterocycles. The molecule has 1 unspecified atom stereocenters. The van der Waals surface area contributed by atoms with E-state index < -0.39 is 21.7 Å². The molecule has 10 heteroatoms. The lowest BCUT2D eigenvalue weighted by atomic mass is 9.77. The van der Waals surface area contributed by atoms with E-state index in [4.69, 9.17) is 19.6 Å². The van der Waals surface area contributed by atoms with E-state index in [1.165, 1.54) is 32.1 Å². The number of rotatable bonds is 15. The quantitative estimate of drug-likeness (QED) is 0.0982. The lowest BCUT2D eigenvalue weighted by Gasteiger charge is -2.33. The molecule has 0 aliphatic heterocycles. The molecular formula is C37H57N5O3Si2. The van der Waals surface area contributed by atoms with E-state index in [0.29, 0.717) is 19.4 Å². The summed E-state index contributed by atoms with van der Waals surface area (Å²) >= 11 is 0. The van der Waals surface area contributed by atoms with Gasteiger partial charge in [-0.15, -0.1) is 0 Å². The van der Waals surface area contributed by atoms with Crippen molar-refractivity contribution in [1.29, 1.82) is 0 Å².